The van der Waals surface area contributed by atoms with Crippen LogP contribution in [-0.4, -0.2) is 18.1 Å². The molecule has 3 rings (SSSR count). The van der Waals surface area contributed by atoms with Crippen molar-refractivity contribution in [2.45, 2.75) is 18.3 Å². The maximum absolute atomic E-state index is 9.66. The molecule has 1 aliphatic rings. The number of benzene rings is 1. The highest BCUT2D eigenvalue weighted by Gasteiger charge is 2.35. The Hall–Kier alpha value is -1.92. The monoisotopic (exact) mass is 237 g/mol. The predicted octanol–water partition coefficient (Wildman–Crippen LogP) is 2.38. The lowest BCUT2D eigenvalue weighted by Gasteiger charge is -2.32. The molecule has 3 nitrogen and oxygen atoms in total. The molecule has 18 heavy (non-hydrogen) atoms. The number of nitriles is 1. The molecule has 1 saturated heterocycles. The van der Waals surface area contributed by atoms with E-state index >= 15 is 0 Å². The average molecular weight is 237 g/mol. The lowest BCUT2D eigenvalue weighted by atomic mass is 9.73. The Bertz CT molecular complexity index is 601. The van der Waals surface area contributed by atoms with Crippen molar-refractivity contribution < 1.29 is 0 Å². The fourth-order valence-electron chi connectivity index (χ4n) is 2.83. The van der Waals surface area contributed by atoms with E-state index in [0.29, 0.717) is 0 Å². The number of nitrogens with one attached hydrogen (secondary N) is 1. The lowest BCUT2D eigenvalue weighted by Crippen LogP contribution is -2.38. The summed E-state index contributed by atoms with van der Waals surface area (Å²) in [6, 6.07) is 10.8. The fourth-order valence-corrected chi connectivity index (χ4v) is 2.83. The number of aromatic nitrogens is 1. The van der Waals surface area contributed by atoms with Crippen LogP contribution < -0.4 is 5.32 Å². The van der Waals surface area contributed by atoms with Gasteiger partial charge in [0.05, 0.1) is 11.5 Å². The Morgan fingerprint density at radius 3 is 2.83 bits per heavy atom. The van der Waals surface area contributed by atoms with Gasteiger partial charge in [0.2, 0.25) is 0 Å². The van der Waals surface area contributed by atoms with Gasteiger partial charge in [-0.3, -0.25) is 4.98 Å². The smallest absolute Gasteiger partial charge is 0.0852 e. The van der Waals surface area contributed by atoms with Crippen molar-refractivity contribution in [3.8, 4) is 6.07 Å². The minimum Gasteiger partial charge on any atom is -0.317 e. The number of nitrogens with zero attached hydrogens (tertiary/aromatic N) is 2. The van der Waals surface area contributed by atoms with Crippen LogP contribution in [0.15, 0.2) is 36.7 Å². The zero-order valence-corrected chi connectivity index (χ0v) is 10.2. The predicted molar refractivity (Wildman–Crippen MR) is 71.1 cm³/mol. The van der Waals surface area contributed by atoms with E-state index in [-0.39, 0.29) is 5.41 Å². The molecule has 0 bridgehead atoms. The van der Waals surface area contributed by atoms with Gasteiger partial charge in [-0.25, -0.2) is 0 Å². The quantitative estimate of drug-likeness (QED) is 0.828. The number of piperidine rings is 1. The van der Waals surface area contributed by atoms with Crippen molar-refractivity contribution in [1.29, 1.82) is 5.26 Å². The molecular weight excluding hydrogens is 222 g/mol. The van der Waals surface area contributed by atoms with Crippen LogP contribution in [0.25, 0.3) is 10.8 Å². The lowest BCUT2D eigenvalue weighted by molar-refractivity contribution is 0.385. The van der Waals surface area contributed by atoms with Gasteiger partial charge in [0.1, 0.15) is 0 Å². The third-order valence-electron chi connectivity index (χ3n) is 3.87. The molecule has 0 unspecified atom stereocenters. The van der Waals surface area contributed by atoms with Crippen LogP contribution in [0.1, 0.15) is 18.4 Å². The highest BCUT2D eigenvalue weighted by Crippen LogP contribution is 2.36. The molecule has 1 N–H and O–H groups in total. The summed E-state index contributed by atoms with van der Waals surface area (Å²) in [5.41, 5.74) is 0.818. The van der Waals surface area contributed by atoms with E-state index in [2.05, 4.69) is 28.5 Å². The first-order chi connectivity index (χ1) is 8.86. The first kappa shape index (κ1) is 11.2. The molecule has 1 aromatic carbocycles. The van der Waals surface area contributed by atoms with Gasteiger partial charge < -0.3 is 5.32 Å². The molecule has 0 radical (unpaired) electrons. The second-order valence-corrected chi connectivity index (χ2v) is 4.85. The molecule has 1 fully saturated rings. The molecular formula is C15H15N3. The zero-order chi connectivity index (χ0) is 12.4. The Labute approximate surface area is 106 Å². The number of pyridine rings is 1. The van der Waals surface area contributed by atoms with Crippen molar-refractivity contribution in [2.24, 2.45) is 0 Å². The summed E-state index contributed by atoms with van der Waals surface area (Å²) in [4.78, 5) is 4.15. The topological polar surface area (TPSA) is 48.7 Å². The molecule has 1 aromatic heterocycles. The first-order valence-electron chi connectivity index (χ1n) is 6.31. The third kappa shape index (κ3) is 1.66. The maximum atomic E-state index is 9.66. The summed E-state index contributed by atoms with van der Waals surface area (Å²) in [5, 5.41) is 15.3. The molecule has 0 amide bonds. The van der Waals surface area contributed by atoms with E-state index in [4.69, 9.17) is 0 Å². The standard InChI is InChI=1S/C15H15N3/c16-11-15(5-8-17-9-6-15)14-3-1-2-12-10-18-7-4-13(12)14/h1-4,7,10,17H,5-6,8-9H2. The van der Waals surface area contributed by atoms with Gasteiger partial charge in [-0.15, -0.1) is 0 Å². The average Bonchev–Trinajstić information content (AvgIpc) is 2.47. The van der Waals surface area contributed by atoms with Gasteiger partial charge in [0, 0.05) is 17.8 Å². The number of rotatable bonds is 1. The molecule has 3 heteroatoms. The van der Waals surface area contributed by atoms with Crippen molar-refractivity contribution in [1.82, 2.24) is 10.3 Å². The molecule has 0 saturated carbocycles. The van der Waals surface area contributed by atoms with Gasteiger partial charge in [-0.1, -0.05) is 18.2 Å². The minimum atomic E-state index is -0.341. The highest BCUT2D eigenvalue weighted by molar-refractivity contribution is 5.86. The van der Waals surface area contributed by atoms with Crippen molar-refractivity contribution in [3.63, 3.8) is 0 Å². The third-order valence-corrected chi connectivity index (χ3v) is 3.87. The Kier molecular flexibility index (Phi) is 2.73. The first-order valence-corrected chi connectivity index (χ1v) is 6.31. The minimum absolute atomic E-state index is 0.341. The van der Waals surface area contributed by atoms with Gasteiger partial charge in [-0.05, 0) is 42.9 Å². The molecule has 2 heterocycles. The van der Waals surface area contributed by atoms with E-state index in [0.717, 1.165) is 42.3 Å². The molecule has 90 valence electrons. The summed E-state index contributed by atoms with van der Waals surface area (Å²) < 4.78 is 0. The van der Waals surface area contributed by atoms with E-state index in [1.807, 2.05) is 18.3 Å². The van der Waals surface area contributed by atoms with E-state index in [1.165, 1.54) is 0 Å². The molecule has 0 atom stereocenters. The van der Waals surface area contributed by atoms with E-state index in [1.54, 1.807) is 6.20 Å². The summed E-state index contributed by atoms with van der Waals surface area (Å²) in [5.74, 6) is 0. The normalized spacial score (nSPS) is 18.4. The Balaban J connectivity index is 2.21. The van der Waals surface area contributed by atoms with Gasteiger partial charge in [0.25, 0.3) is 0 Å². The van der Waals surface area contributed by atoms with E-state index < -0.39 is 0 Å². The van der Waals surface area contributed by atoms with Crippen molar-refractivity contribution >= 4 is 10.8 Å². The van der Waals surface area contributed by atoms with Gasteiger partial charge >= 0.3 is 0 Å². The second-order valence-electron chi connectivity index (χ2n) is 4.85. The summed E-state index contributed by atoms with van der Waals surface area (Å²) in [6.45, 7) is 1.82. The van der Waals surface area contributed by atoms with Crippen LogP contribution in [0.5, 0.6) is 0 Å². The van der Waals surface area contributed by atoms with Crippen LogP contribution in [0.3, 0.4) is 0 Å². The van der Waals surface area contributed by atoms with Gasteiger partial charge in [0.15, 0.2) is 0 Å². The number of hydrogen-bond donors (Lipinski definition) is 1. The van der Waals surface area contributed by atoms with Crippen molar-refractivity contribution in [3.05, 3.63) is 42.2 Å². The van der Waals surface area contributed by atoms with Crippen LogP contribution >= 0.6 is 0 Å². The van der Waals surface area contributed by atoms with Gasteiger partial charge in [-0.2, -0.15) is 5.26 Å². The Morgan fingerprint density at radius 2 is 2.06 bits per heavy atom. The largest absolute Gasteiger partial charge is 0.317 e. The van der Waals surface area contributed by atoms with Crippen LogP contribution in [0, 0.1) is 11.3 Å². The summed E-state index contributed by atoms with van der Waals surface area (Å²) in [6.07, 6.45) is 5.43. The maximum Gasteiger partial charge on any atom is 0.0852 e. The van der Waals surface area contributed by atoms with E-state index in [9.17, 15) is 5.26 Å². The molecule has 0 aliphatic carbocycles. The molecule has 0 spiro atoms. The van der Waals surface area contributed by atoms with Crippen molar-refractivity contribution in [2.75, 3.05) is 13.1 Å². The molecule has 2 aromatic rings. The zero-order valence-electron chi connectivity index (χ0n) is 10.2. The number of hydrogen-bond acceptors (Lipinski definition) is 3. The second kappa shape index (κ2) is 4.40. The Morgan fingerprint density at radius 1 is 1.22 bits per heavy atom. The molecule has 1 aliphatic heterocycles. The van der Waals surface area contributed by atoms with Crippen LogP contribution in [-0.2, 0) is 5.41 Å². The van der Waals surface area contributed by atoms with Crippen LogP contribution in [0.4, 0.5) is 0 Å². The van der Waals surface area contributed by atoms with Crippen LogP contribution in [0.2, 0.25) is 0 Å². The summed E-state index contributed by atoms with van der Waals surface area (Å²) >= 11 is 0. The number of fused-ring (bicyclic) bond motifs is 1. The SMILES string of the molecule is N#CC1(c2cccc3cnccc23)CCNCC1. The fraction of sp³-hybridized carbons (Fsp3) is 0.333. The summed E-state index contributed by atoms with van der Waals surface area (Å²) in [7, 11) is 0. The highest BCUT2D eigenvalue weighted by atomic mass is 14.9.